The first-order valence-corrected chi connectivity index (χ1v) is 9.43. The van der Waals surface area contributed by atoms with Crippen LogP contribution in [0.1, 0.15) is 46.4 Å². The number of rotatable bonds is 6. The Morgan fingerprint density at radius 1 is 1.14 bits per heavy atom. The van der Waals surface area contributed by atoms with E-state index in [9.17, 15) is 4.79 Å². The van der Waals surface area contributed by atoms with Crippen molar-refractivity contribution in [1.29, 1.82) is 0 Å². The fraction of sp³-hybridized carbons (Fsp3) is 0.333. The van der Waals surface area contributed by atoms with Crippen LogP contribution in [0.3, 0.4) is 0 Å². The highest BCUT2D eigenvalue weighted by molar-refractivity contribution is 5.94. The van der Waals surface area contributed by atoms with Gasteiger partial charge in [0.2, 0.25) is 0 Å². The lowest BCUT2D eigenvalue weighted by Crippen LogP contribution is -2.39. The fourth-order valence-electron chi connectivity index (χ4n) is 3.37. The van der Waals surface area contributed by atoms with Gasteiger partial charge in [0.05, 0.1) is 6.61 Å². The van der Waals surface area contributed by atoms with Gasteiger partial charge in [-0.15, -0.1) is 0 Å². The predicted octanol–water partition coefficient (Wildman–Crippen LogP) is 3.20. The number of ether oxygens (including phenoxy) is 1. The summed E-state index contributed by atoms with van der Waals surface area (Å²) in [5.74, 6) is 1.20. The van der Waals surface area contributed by atoms with Gasteiger partial charge in [0.15, 0.2) is 5.82 Å². The molecule has 1 aliphatic rings. The third kappa shape index (κ3) is 4.43. The first kappa shape index (κ1) is 18.3. The molecule has 3 heterocycles. The first-order valence-electron chi connectivity index (χ1n) is 9.43. The maximum absolute atomic E-state index is 12.7. The highest BCUT2D eigenvalue weighted by Gasteiger charge is 2.28. The zero-order chi connectivity index (χ0) is 19.2. The van der Waals surface area contributed by atoms with E-state index >= 15 is 0 Å². The average molecular weight is 378 g/mol. The Morgan fingerprint density at radius 3 is 2.79 bits per heavy atom. The van der Waals surface area contributed by atoms with Gasteiger partial charge in [-0.2, -0.15) is 4.98 Å². The summed E-state index contributed by atoms with van der Waals surface area (Å²) in [5, 5.41) is 4.12. The summed E-state index contributed by atoms with van der Waals surface area (Å²) in [4.78, 5) is 23.0. The molecule has 4 rings (SSSR count). The molecule has 2 aromatic heterocycles. The quantitative estimate of drug-likeness (QED) is 0.655. The third-order valence-electron chi connectivity index (χ3n) is 4.82. The van der Waals surface area contributed by atoms with Crippen molar-refractivity contribution in [3.05, 3.63) is 77.7 Å². The van der Waals surface area contributed by atoms with Crippen LogP contribution in [-0.2, 0) is 18.0 Å². The minimum atomic E-state index is 0.0158. The topological polar surface area (TPSA) is 81.4 Å². The summed E-state index contributed by atoms with van der Waals surface area (Å²) in [6, 6.07) is 13.4. The van der Waals surface area contributed by atoms with Crippen molar-refractivity contribution in [2.75, 3.05) is 13.1 Å². The Morgan fingerprint density at radius 2 is 1.96 bits per heavy atom. The number of carbonyl (C=O) groups is 1. The molecule has 0 radical (unpaired) electrons. The normalized spacial score (nSPS) is 16.9. The molecule has 1 unspecified atom stereocenters. The van der Waals surface area contributed by atoms with Crippen molar-refractivity contribution in [1.82, 2.24) is 20.0 Å². The second kappa shape index (κ2) is 8.75. The van der Waals surface area contributed by atoms with Crippen LogP contribution >= 0.6 is 0 Å². The summed E-state index contributed by atoms with van der Waals surface area (Å²) >= 11 is 0. The Bertz CT molecular complexity index is 898. The van der Waals surface area contributed by atoms with E-state index < -0.39 is 0 Å². The van der Waals surface area contributed by atoms with E-state index in [0.29, 0.717) is 30.4 Å². The summed E-state index contributed by atoms with van der Waals surface area (Å²) in [6.07, 6.45) is 5.12. The van der Waals surface area contributed by atoms with Crippen molar-refractivity contribution < 1.29 is 14.1 Å². The molecule has 0 aliphatic carbocycles. The molecule has 0 spiro atoms. The summed E-state index contributed by atoms with van der Waals surface area (Å²) in [5.41, 5.74) is 1.75. The summed E-state index contributed by atoms with van der Waals surface area (Å²) in [6.45, 7) is 2.10. The lowest BCUT2D eigenvalue weighted by molar-refractivity contribution is 0.0703. The van der Waals surface area contributed by atoms with E-state index in [0.717, 1.165) is 24.9 Å². The van der Waals surface area contributed by atoms with Crippen LogP contribution in [0.2, 0.25) is 0 Å². The van der Waals surface area contributed by atoms with E-state index in [-0.39, 0.29) is 18.4 Å². The van der Waals surface area contributed by atoms with E-state index in [4.69, 9.17) is 9.26 Å². The molecule has 1 atom stereocenters. The average Bonchev–Trinajstić information content (AvgIpc) is 3.24. The molecule has 0 bridgehead atoms. The number of pyridine rings is 1. The molecular weight excluding hydrogens is 356 g/mol. The van der Waals surface area contributed by atoms with Crippen molar-refractivity contribution in [2.45, 2.75) is 32.0 Å². The second-order valence-electron chi connectivity index (χ2n) is 6.85. The Hall–Kier alpha value is -3.06. The fourth-order valence-corrected chi connectivity index (χ4v) is 3.37. The summed E-state index contributed by atoms with van der Waals surface area (Å²) < 4.78 is 11.0. The molecule has 1 fully saturated rings. The van der Waals surface area contributed by atoms with Gasteiger partial charge in [0.1, 0.15) is 6.61 Å². The van der Waals surface area contributed by atoms with Crippen molar-refractivity contribution >= 4 is 5.91 Å². The number of hydrogen-bond acceptors (Lipinski definition) is 6. The van der Waals surface area contributed by atoms with Gasteiger partial charge < -0.3 is 14.2 Å². The number of aromatic nitrogens is 3. The lowest BCUT2D eigenvalue weighted by Gasteiger charge is -2.31. The molecule has 1 aliphatic heterocycles. The first-order chi connectivity index (χ1) is 13.8. The van der Waals surface area contributed by atoms with Crippen LogP contribution in [0.15, 0.2) is 59.4 Å². The SMILES string of the molecule is O=C(c1ccncc1)N1CCCC(c2noc(COCc3ccccc3)n2)C1. The number of piperidine rings is 1. The molecular formula is C21H22N4O3. The largest absolute Gasteiger partial charge is 0.367 e. The second-order valence-corrected chi connectivity index (χ2v) is 6.85. The molecule has 1 amide bonds. The zero-order valence-corrected chi connectivity index (χ0v) is 15.5. The number of likely N-dealkylation sites (tertiary alicyclic amines) is 1. The lowest BCUT2D eigenvalue weighted by atomic mass is 9.97. The number of nitrogens with zero attached hydrogens (tertiary/aromatic N) is 4. The molecule has 3 aromatic rings. The van der Waals surface area contributed by atoms with Crippen molar-refractivity contribution in [3.8, 4) is 0 Å². The van der Waals surface area contributed by atoms with Gasteiger partial charge in [0, 0.05) is 37.0 Å². The third-order valence-corrected chi connectivity index (χ3v) is 4.82. The Balaban J connectivity index is 1.33. The predicted molar refractivity (Wildman–Crippen MR) is 101 cm³/mol. The standard InChI is InChI=1S/C21H22N4O3/c26-21(17-8-10-22-11-9-17)25-12-4-7-18(13-25)20-23-19(28-24-20)15-27-14-16-5-2-1-3-6-16/h1-3,5-6,8-11,18H,4,7,12-15H2. The number of benzene rings is 1. The molecule has 0 saturated carbocycles. The minimum Gasteiger partial charge on any atom is -0.367 e. The van der Waals surface area contributed by atoms with Crippen molar-refractivity contribution in [2.24, 2.45) is 0 Å². The van der Waals surface area contributed by atoms with Gasteiger partial charge in [-0.25, -0.2) is 0 Å². The minimum absolute atomic E-state index is 0.0158. The van der Waals surface area contributed by atoms with Gasteiger partial charge in [-0.1, -0.05) is 35.5 Å². The maximum Gasteiger partial charge on any atom is 0.253 e. The van der Waals surface area contributed by atoms with E-state index in [1.165, 1.54) is 0 Å². The van der Waals surface area contributed by atoms with E-state index in [2.05, 4.69) is 15.1 Å². The highest BCUT2D eigenvalue weighted by Crippen LogP contribution is 2.26. The molecule has 1 aromatic carbocycles. The molecule has 1 saturated heterocycles. The monoisotopic (exact) mass is 378 g/mol. The zero-order valence-electron chi connectivity index (χ0n) is 15.5. The van der Waals surface area contributed by atoms with Crippen molar-refractivity contribution in [3.63, 3.8) is 0 Å². The maximum atomic E-state index is 12.7. The number of hydrogen-bond donors (Lipinski definition) is 0. The van der Waals surface area contributed by atoms with Crippen LogP contribution in [0, 0.1) is 0 Å². The van der Waals surface area contributed by atoms with Crippen LogP contribution in [0.4, 0.5) is 0 Å². The van der Waals surface area contributed by atoms with E-state index in [1.54, 1.807) is 24.5 Å². The number of carbonyl (C=O) groups excluding carboxylic acids is 1. The summed E-state index contributed by atoms with van der Waals surface area (Å²) in [7, 11) is 0. The van der Waals surface area contributed by atoms with Gasteiger partial charge in [0.25, 0.3) is 11.8 Å². The number of amides is 1. The van der Waals surface area contributed by atoms with Gasteiger partial charge >= 0.3 is 0 Å². The smallest absolute Gasteiger partial charge is 0.253 e. The molecule has 7 heteroatoms. The molecule has 7 nitrogen and oxygen atoms in total. The van der Waals surface area contributed by atoms with Crippen LogP contribution in [0.5, 0.6) is 0 Å². The molecule has 144 valence electrons. The van der Waals surface area contributed by atoms with Gasteiger partial charge in [-0.3, -0.25) is 9.78 Å². The molecule has 28 heavy (non-hydrogen) atoms. The highest BCUT2D eigenvalue weighted by atomic mass is 16.5. The van der Waals surface area contributed by atoms with Crippen LogP contribution < -0.4 is 0 Å². The van der Waals surface area contributed by atoms with Crippen LogP contribution in [-0.4, -0.2) is 39.0 Å². The Kier molecular flexibility index (Phi) is 5.72. The van der Waals surface area contributed by atoms with Gasteiger partial charge in [-0.05, 0) is 30.5 Å². The Labute approximate surface area is 163 Å². The van der Waals surface area contributed by atoms with E-state index in [1.807, 2.05) is 35.2 Å². The van der Waals surface area contributed by atoms with Crippen LogP contribution in [0.25, 0.3) is 0 Å². The molecule has 0 N–H and O–H groups in total.